The first kappa shape index (κ1) is 10.8. The van der Waals surface area contributed by atoms with Crippen LogP contribution in [0, 0.1) is 6.92 Å². The number of rotatable bonds is 3. The van der Waals surface area contributed by atoms with Gasteiger partial charge in [0.15, 0.2) is 0 Å². The van der Waals surface area contributed by atoms with Crippen molar-refractivity contribution in [3.05, 3.63) is 40.1 Å². The quantitative estimate of drug-likeness (QED) is 0.716. The highest BCUT2D eigenvalue weighted by molar-refractivity contribution is 7.10. The van der Waals surface area contributed by atoms with E-state index in [-0.39, 0.29) is 0 Å². The summed E-state index contributed by atoms with van der Waals surface area (Å²) in [6, 6.07) is 7.19. The van der Waals surface area contributed by atoms with Crippen LogP contribution < -0.4 is 11.1 Å². The molecule has 4 N–H and O–H groups in total. The molecule has 0 amide bonds. The van der Waals surface area contributed by atoms with Gasteiger partial charge in [-0.15, -0.1) is 11.3 Å². The predicted octanol–water partition coefficient (Wildman–Crippen LogP) is 2.96. The molecule has 1 aromatic heterocycles. The summed E-state index contributed by atoms with van der Waals surface area (Å²) in [6.45, 7) is 2.68. The van der Waals surface area contributed by atoms with Crippen LogP contribution in [-0.2, 0) is 6.54 Å². The van der Waals surface area contributed by atoms with E-state index in [0.29, 0.717) is 5.75 Å². The van der Waals surface area contributed by atoms with Crippen molar-refractivity contribution in [2.24, 2.45) is 0 Å². The van der Waals surface area contributed by atoms with Gasteiger partial charge in [-0.1, -0.05) is 0 Å². The van der Waals surface area contributed by atoms with Crippen molar-refractivity contribution in [3.63, 3.8) is 0 Å². The first-order valence-electron chi connectivity index (χ1n) is 5.02. The van der Waals surface area contributed by atoms with E-state index in [0.717, 1.165) is 28.4 Å². The topological polar surface area (TPSA) is 58.3 Å². The third kappa shape index (κ3) is 2.28. The largest absolute Gasteiger partial charge is 0.508 e. The molecule has 0 saturated carbocycles. The second-order valence-corrected chi connectivity index (χ2v) is 4.65. The zero-order valence-corrected chi connectivity index (χ0v) is 9.84. The van der Waals surface area contributed by atoms with Gasteiger partial charge in [-0.2, -0.15) is 0 Å². The van der Waals surface area contributed by atoms with Crippen molar-refractivity contribution in [2.75, 3.05) is 11.1 Å². The Morgan fingerprint density at radius 3 is 2.81 bits per heavy atom. The first-order chi connectivity index (χ1) is 7.66. The van der Waals surface area contributed by atoms with E-state index in [9.17, 15) is 5.11 Å². The molecular weight excluding hydrogens is 220 g/mol. The van der Waals surface area contributed by atoms with E-state index in [1.807, 2.05) is 24.4 Å². The zero-order valence-electron chi connectivity index (χ0n) is 9.03. The minimum Gasteiger partial charge on any atom is -0.508 e. The molecule has 84 valence electrons. The van der Waals surface area contributed by atoms with Crippen molar-refractivity contribution < 1.29 is 5.11 Å². The number of nitrogen functional groups attached to an aromatic ring is 1. The zero-order chi connectivity index (χ0) is 11.5. The molecule has 1 aromatic carbocycles. The molecule has 2 aromatic rings. The van der Waals surface area contributed by atoms with Gasteiger partial charge in [0.2, 0.25) is 0 Å². The standard InChI is InChI=1S/C12H14N2OS/c1-8-6-9(15)2-3-11(8)14-7-12-10(13)4-5-16-12/h2-6,14-15H,7,13H2,1H3. The molecule has 16 heavy (non-hydrogen) atoms. The van der Waals surface area contributed by atoms with Crippen LogP contribution in [0.1, 0.15) is 10.4 Å². The van der Waals surface area contributed by atoms with E-state index in [1.54, 1.807) is 23.5 Å². The monoisotopic (exact) mass is 234 g/mol. The Hall–Kier alpha value is -1.68. The fourth-order valence-electron chi connectivity index (χ4n) is 1.52. The Morgan fingerprint density at radius 1 is 1.38 bits per heavy atom. The van der Waals surface area contributed by atoms with Crippen molar-refractivity contribution in [3.8, 4) is 5.75 Å². The van der Waals surface area contributed by atoms with Crippen molar-refractivity contribution in [1.82, 2.24) is 0 Å². The van der Waals surface area contributed by atoms with E-state index in [2.05, 4.69) is 5.32 Å². The van der Waals surface area contributed by atoms with Gasteiger partial charge in [0.05, 0.1) is 6.54 Å². The van der Waals surface area contributed by atoms with Crippen molar-refractivity contribution >= 4 is 22.7 Å². The highest BCUT2D eigenvalue weighted by atomic mass is 32.1. The molecule has 0 bridgehead atoms. The minimum atomic E-state index is 0.290. The predicted molar refractivity (Wildman–Crippen MR) is 68.9 cm³/mol. The van der Waals surface area contributed by atoms with Gasteiger partial charge < -0.3 is 16.2 Å². The molecule has 0 atom stereocenters. The molecule has 3 nitrogen and oxygen atoms in total. The first-order valence-corrected chi connectivity index (χ1v) is 5.90. The van der Waals surface area contributed by atoms with Crippen LogP contribution in [0.3, 0.4) is 0 Å². The summed E-state index contributed by atoms with van der Waals surface area (Å²) in [5, 5.41) is 14.6. The molecule has 0 unspecified atom stereocenters. The van der Waals surface area contributed by atoms with E-state index in [1.165, 1.54) is 0 Å². The number of nitrogens with two attached hydrogens (primary N) is 1. The lowest BCUT2D eigenvalue weighted by Gasteiger charge is -2.09. The van der Waals surface area contributed by atoms with Crippen LogP contribution in [0.15, 0.2) is 29.6 Å². The Bertz CT molecular complexity index is 494. The molecule has 0 saturated heterocycles. The highest BCUT2D eigenvalue weighted by Gasteiger charge is 2.02. The van der Waals surface area contributed by atoms with Crippen molar-refractivity contribution in [2.45, 2.75) is 13.5 Å². The normalized spacial score (nSPS) is 10.3. The number of hydrogen-bond acceptors (Lipinski definition) is 4. The Balaban J connectivity index is 2.08. The molecule has 0 fully saturated rings. The second-order valence-electron chi connectivity index (χ2n) is 3.65. The van der Waals surface area contributed by atoms with Gasteiger partial charge in [0.1, 0.15) is 5.75 Å². The SMILES string of the molecule is Cc1cc(O)ccc1NCc1sccc1N. The van der Waals surface area contributed by atoms with Gasteiger partial charge in [-0.25, -0.2) is 0 Å². The summed E-state index contributed by atoms with van der Waals surface area (Å²) in [5.41, 5.74) is 8.67. The van der Waals surface area contributed by atoms with E-state index >= 15 is 0 Å². The summed E-state index contributed by atoms with van der Waals surface area (Å²) in [7, 11) is 0. The smallest absolute Gasteiger partial charge is 0.115 e. The fraction of sp³-hybridized carbons (Fsp3) is 0.167. The number of nitrogens with one attached hydrogen (secondary N) is 1. The molecule has 0 radical (unpaired) electrons. The number of hydrogen-bond donors (Lipinski definition) is 3. The van der Waals surface area contributed by atoms with Gasteiger partial charge in [0.25, 0.3) is 0 Å². The average Bonchev–Trinajstić information content (AvgIpc) is 2.63. The number of anilines is 2. The summed E-state index contributed by atoms with van der Waals surface area (Å²) >= 11 is 1.64. The van der Waals surface area contributed by atoms with Crippen LogP contribution in [0.4, 0.5) is 11.4 Å². The summed E-state index contributed by atoms with van der Waals surface area (Å²) in [6.07, 6.45) is 0. The van der Waals surface area contributed by atoms with Gasteiger partial charge >= 0.3 is 0 Å². The molecule has 0 spiro atoms. The van der Waals surface area contributed by atoms with Crippen LogP contribution in [0.25, 0.3) is 0 Å². The van der Waals surface area contributed by atoms with Gasteiger partial charge in [-0.3, -0.25) is 0 Å². The van der Waals surface area contributed by atoms with Crippen LogP contribution >= 0.6 is 11.3 Å². The van der Waals surface area contributed by atoms with Crippen molar-refractivity contribution in [1.29, 1.82) is 0 Å². The maximum absolute atomic E-state index is 9.29. The molecule has 2 rings (SSSR count). The molecule has 0 aliphatic rings. The molecule has 0 aliphatic heterocycles. The Morgan fingerprint density at radius 2 is 2.19 bits per heavy atom. The number of thiophene rings is 1. The maximum atomic E-state index is 9.29. The molecule has 0 aliphatic carbocycles. The summed E-state index contributed by atoms with van der Waals surface area (Å²) in [5.74, 6) is 0.290. The second kappa shape index (κ2) is 4.45. The van der Waals surface area contributed by atoms with Crippen LogP contribution in [0.5, 0.6) is 5.75 Å². The molecule has 1 heterocycles. The number of benzene rings is 1. The van der Waals surface area contributed by atoms with Crippen LogP contribution in [0.2, 0.25) is 0 Å². The number of aryl methyl sites for hydroxylation is 1. The van der Waals surface area contributed by atoms with E-state index in [4.69, 9.17) is 5.73 Å². The third-order valence-electron chi connectivity index (χ3n) is 2.43. The lowest BCUT2D eigenvalue weighted by atomic mass is 10.2. The third-order valence-corrected chi connectivity index (χ3v) is 3.37. The lowest BCUT2D eigenvalue weighted by Crippen LogP contribution is -2.01. The maximum Gasteiger partial charge on any atom is 0.115 e. The minimum absolute atomic E-state index is 0.290. The van der Waals surface area contributed by atoms with Gasteiger partial charge in [0, 0.05) is 16.3 Å². The van der Waals surface area contributed by atoms with Crippen LogP contribution in [-0.4, -0.2) is 5.11 Å². The Labute approximate surface area is 98.5 Å². The summed E-state index contributed by atoms with van der Waals surface area (Å²) in [4.78, 5) is 1.13. The highest BCUT2D eigenvalue weighted by Crippen LogP contribution is 2.23. The number of phenols is 1. The average molecular weight is 234 g/mol. The Kier molecular flexibility index (Phi) is 3.01. The number of phenolic OH excluding ortho intramolecular Hbond substituents is 1. The van der Waals surface area contributed by atoms with E-state index < -0.39 is 0 Å². The number of aromatic hydroxyl groups is 1. The molecular formula is C12H14N2OS. The lowest BCUT2D eigenvalue weighted by molar-refractivity contribution is 0.475. The molecule has 4 heteroatoms. The fourth-order valence-corrected chi connectivity index (χ4v) is 2.25. The summed E-state index contributed by atoms with van der Waals surface area (Å²) < 4.78 is 0. The van der Waals surface area contributed by atoms with Gasteiger partial charge in [-0.05, 0) is 42.1 Å².